The van der Waals surface area contributed by atoms with Gasteiger partial charge in [0.05, 0.1) is 23.2 Å². The van der Waals surface area contributed by atoms with Crippen molar-refractivity contribution in [3.8, 4) is 5.75 Å². The van der Waals surface area contributed by atoms with Crippen molar-refractivity contribution in [1.29, 1.82) is 0 Å². The number of thioether (sulfide) groups is 1. The van der Waals surface area contributed by atoms with E-state index in [2.05, 4.69) is 17.6 Å². The number of hydrogen-bond acceptors (Lipinski definition) is 6. The zero-order valence-corrected chi connectivity index (χ0v) is 24.4. The van der Waals surface area contributed by atoms with Crippen molar-refractivity contribution in [2.75, 3.05) is 30.4 Å². The number of carbonyl (C=O) groups is 3. The smallest absolute Gasteiger partial charge is 0.248 e. The van der Waals surface area contributed by atoms with Crippen molar-refractivity contribution in [2.24, 2.45) is 11.8 Å². The van der Waals surface area contributed by atoms with Gasteiger partial charge >= 0.3 is 0 Å². The van der Waals surface area contributed by atoms with Gasteiger partial charge in [0, 0.05) is 34.3 Å². The number of aliphatic hydroxyl groups is 1. The van der Waals surface area contributed by atoms with E-state index in [1.807, 2.05) is 19.1 Å². The minimum atomic E-state index is -0.704. The number of likely N-dealkylation sites (tertiary alicyclic amines) is 1. The molecule has 40 heavy (non-hydrogen) atoms. The molecule has 8 nitrogen and oxygen atoms in total. The van der Waals surface area contributed by atoms with Gasteiger partial charge in [-0.25, -0.2) is 0 Å². The summed E-state index contributed by atoms with van der Waals surface area (Å²) in [6, 6.07) is 13.4. The van der Waals surface area contributed by atoms with Crippen LogP contribution in [-0.4, -0.2) is 63.0 Å². The quantitative estimate of drug-likeness (QED) is 0.322. The Morgan fingerprint density at radius 2 is 1.68 bits per heavy atom. The maximum Gasteiger partial charge on any atom is 0.248 e. The highest BCUT2D eigenvalue weighted by Crippen LogP contribution is 2.71. The minimum absolute atomic E-state index is 0.0863. The van der Waals surface area contributed by atoms with Crippen molar-refractivity contribution in [3.05, 3.63) is 53.6 Å². The first-order chi connectivity index (χ1) is 19.2. The van der Waals surface area contributed by atoms with E-state index in [0.717, 1.165) is 18.6 Å². The number of nitrogens with one attached hydrogen (secondary N) is 2. The predicted octanol–water partition coefficient (Wildman–Crippen LogP) is 4.96. The van der Waals surface area contributed by atoms with E-state index in [9.17, 15) is 19.5 Å². The van der Waals surface area contributed by atoms with Gasteiger partial charge < -0.3 is 25.4 Å². The minimum Gasteiger partial charge on any atom is -0.494 e. The van der Waals surface area contributed by atoms with E-state index in [-0.39, 0.29) is 24.3 Å². The highest BCUT2D eigenvalue weighted by molar-refractivity contribution is 8.02. The van der Waals surface area contributed by atoms with Gasteiger partial charge in [0.2, 0.25) is 17.7 Å². The van der Waals surface area contributed by atoms with Gasteiger partial charge in [-0.05, 0) is 94.5 Å². The molecule has 3 aliphatic rings. The van der Waals surface area contributed by atoms with Crippen molar-refractivity contribution < 1.29 is 24.2 Å². The Hall–Kier alpha value is -2.75. The first-order valence-electron chi connectivity index (χ1n) is 13.9. The molecule has 214 valence electrons. The number of fused-ring (bicyclic) bond motifs is 1. The lowest BCUT2D eigenvalue weighted by molar-refractivity contribution is -0.139. The van der Waals surface area contributed by atoms with Crippen molar-refractivity contribution in [2.45, 2.75) is 61.5 Å². The summed E-state index contributed by atoms with van der Waals surface area (Å²) in [5.41, 5.74) is 1.25. The molecular formula is C30H36ClN3O5S. The Kier molecular flexibility index (Phi) is 8.36. The van der Waals surface area contributed by atoms with E-state index in [1.165, 1.54) is 0 Å². The lowest BCUT2D eigenvalue weighted by Gasteiger charge is -2.34. The summed E-state index contributed by atoms with van der Waals surface area (Å²) in [7, 11) is 0. The summed E-state index contributed by atoms with van der Waals surface area (Å²) in [6.45, 7) is 5.01. The third-order valence-corrected chi connectivity index (χ3v) is 10.6. The van der Waals surface area contributed by atoms with E-state index in [4.69, 9.17) is 16.3 Å². The molecule has 0 radical (unpaired) electrons. The fourth-order valence-corrected chi connectivity index (χ4v) is 9.19. The highest BCUT2D eigenvalue weighted by Gasteiger charge is 2.77. The Labute approximate surface area is 244 Å². The summed E-state index contributed by atoms with van der Waals surface area (Å²) in [5, 5.41) is 15.8. The van der Waals surface area contributed by atoms with Gasteiger partial charge in [0.15, 0.2) is 0 Å². The number of rotatable bonds is 11. The zero-order chi connectivity index (χ0) is 28.5. The highest BCUT2D eigenvalue weighted by atomic mass is 35.5. The van der Waals surface area contributed by atoms with Gasteiger partial charge in [0.1, 0.15) is 11.8 Å². The van der Waals surface area contributed by atoms with Gasteiger partial charge in [-0.1, -0.05) is 11.6 Å². The molecule has 2 unspecified atom stereocenters. The first kappa shape index (κ1) is 28.8. The number of carbonyl (C=O) groups excluding carboxylic acids is 3. The Balaban J connectivity index is 1.43. The molecule has 5 rings (SSSR count). The largest absolute Gasteiger partial charge is 0.494 e. The number of anilines is 2. The summed E-state index contributed by atoms with van der Waals surface area (Å²) in [6.07, 6.45) is 3.48. The van der Waals surface area contributed by atoms with Crippen LogP contribution in [0.4, 0.5) is 11.4 Å². The first-order valence-corrected chi connectivity index (χ1v) is 15.1. The number of ether oxygens (including phenoxy) is 1. The molecule has 3 N–H and O–H groups in total. The average Bonchev–Trinajstić information content (AvgIpc) is 3.50. The summed E-state index contributed by atoms with van der Waals surface area (Å²) in [4.78, 5) is 43.6. The Morgan fingerprint density at radius 3 is 2.33 bits per heavy atom. The van der Waals surface area contributed by atoms with E-state index < -0.39 is 27.4 Å². The van der Waals surface area contributed by atoms with E-state index >= 15 is 0 Å². The lowest BCUT2D eigenvalue weighted by atomic mass is 9.66. The molecule has 2 aromatic rings. The van der Waals surface area contributed by atoms with Crippen LogP contribution in [0.5, 0.6) is 5.75 Å². The van der Waals surface area contributed by atoms with Gasteiger partial charge in [-0.2, -0.15) is 0 Å². The van der Waals surface area contributed by atoms with E-state index in [0.29, 0.717) is 48.8 Å². The number of unbranched alkanes of at least 4 members (excludes halogenated alkanes) is 2. The molecule has 5 atom stereocenters. The second kappa shape index (κ2) is 11.6. The Morgan fingerprint density at radius 1 is 1.02 bits per heavy atom. The molecule has 0 aliphatic carbocycles. The standard InChI is InChI=1S/C30H36ClN3O5S/c1-3-39-22-13-11-21(12-14-22)32-26(36)23-24-28(38)34(17-5-4-6-18-35)25(30(24)16-15-29(23,2)40-30)27(37)33-20-9-7-19(31)8-10-20/h7-14,23-25,35H,3-6,15-18H2,1-2H3,(H,32,36)(H,33,37)/t23-,24-,25?,29+,30?/m0/s1. The SMILES string of the molecule is CCOc1ccc(NC(=O)[C@@H]2[C@H]3C(=O)N(CCCCCO)C(C(=O)Nc4ccc(Cl)cc4)C34CC[C@@]2(C)S4)cc1. The fraction of sp³-hybridized carbons (Fsp3) is 0.500. The summed E-state index contributed by atoms with van der Waals surface area (Å²) < 4.78 is 4.35. The summed E-state index contributed by atoms with van der Waals surface area (Å²) >= 11 is 7.68. The maximum atomic E-state index is 14.1. The molecule has 1 spiro atoms. The average molecular weight is 586 g/mol. The third-order valence-electron chi connectivity index (χ3n) is 8.41. The molecule has 3 saturated heterocycles. The van der Waals surface area contributed by atoms with Crippen LogP contribution in [0.2, 0.25) is 5.02 Å². The van der Waals surface area contributed by atoms with E-state index in [1.54, 1.807) is 53.1 Å². The van der Waals surface area contributed by atoms with Crippen LogP contribution in [0, 0.1) is 11.8 Å². The number of aliphatic hydroxyl groups excluding tert-OH is 1. The van der Waals surface area contributed by atoms with Crippen LogP contribution < -0.4 is 15.4 Å². The van der Waals surface area contributed by atoms with Crippen LogP contribution in [0.25, 0.3) is 0 Å². The molecule has 3 heterocycles. The summed E-state index contributed by atoms with van der Waals surface area (Å²) in [5.74, 6) is -1.03. The van der Waals surface area contributed by atoms with Crippen molar-refractivity contribution in [3.63, 3.8) is 0 Å². The van der Waals surface area contributed by atoms with Crippen LogP contribution in [0.15, 0.2) is 48.5 Å². The molecule has 2 bridgehead atoms. The molecular weight excluding hydrogens is 550 g/mol. The number of benzene rings is 2. The maximum absolute atomic E-state index is 14.1. The number of amides is 3. The normalized spacial score (nSPS) is 28.4. The fourth-order valence-electron chi connectivity index (χ4n) is 6.70. The molecule has 3 aliphatic heterocycles. The monoisotopic (exact) mass is 585 g/mol. The Bertz CT molecular complexity index is 1260. The number of nitrogens with zero attached hydrogens (tertiary/aromatic N) is 1. The molecule has 10 heteroatoms. The molecule has 3 fully saturated rings. The third kappa shape index (κ3) is 5.19. The van der Waals surface area contributed by atoms with Crippen LogP contribution in [0.1, 0.15) is 46.0 Å². The predicted molar refractivity (Wildman–Crippen MR) is 158 cm³/mol. The zero-order valence-electron chi connectivity index (χ0n) is 22.8. The van der Waals surface area contributed by atoms with Gasteiger partial charge in [0.25, 0.3) is 0 Å². The van der Waals surface area contributed by atoms with Crippen LogP contribution in [0.3, 0.4) is 0 Å². The van der Waals surface area contributed by atoms with Crippen LogP contribution >= 0.6 is 23.4 Å². The second-order valence-corrected chi connectivity index (χ2v) is 13.3. The molecule has 2 aromatic carbocycles. The topological polar surface area (TPSA) is 108 Å². The number of halogens is 1. The number of hydrogen-bond donors (Lipinski definition) is 3. The van der Waals surface area contributed by atoms with Crippen molar-refractivity contribution >= 4 is 52.5 Å². The lowest BCUT2D eigenvalue weighted by Crippen LogP contribution is -2.51. The molecule has 3 amide bonds. The molecule has 0 saturated carbocycles. The van der Waals surface area contributed by atoms with Crippen LogP contribution in [-0.2, 0) is 14.4 Å². The molecule has 0 aromatic heterocycles. The van der Waals surface area contributed by atoms with Gasteiger partial charge in [-0.15, -0.1) is 11.8 Å². The van der Waals surface area contributed by atoms with Gasteiger partial charge in [-0.3, -0.25) is 14.4 Å². The second-order valence-electron chi connectivity index (χ2n) is 11.0. The van der Waals surface area contributed by atoms with Crippen molar-refractivity contribution in [1.82, 2.24) is 4.90 Å².